The van der Waals surface area contributed by atoms with Gasteiger partial charge in [0.05, 0.1) is 13.2 Å². The third kappa shape index (κ3) is 5.92. The van der Waals surface area contributed by atoms with Crippen molar-refractivity contribution in [3.8, 4) is 16.9 Å². The number of aliphatic imine (C=N–C) groups is 1. The Balaban J connectivity index is 1.45. The number of amidine groups is 1. The maximum atomic E-state index is 13.5. The van der Waals surface area contributed by atoms with Gasteiger partial charge in [0.25, 0.3) is 5.91 Å². The second-order valence-electron chi connectivity index (χ2n) is 9.43. The van der Waals surface area contributed by atoms with Crippen LogP contribution in [0.4, 0.5) is 0 Å². The minimum absolute atomic E-state index is 0.108. The zero-order valence-corrected chi connectivity index (χ0v) is 20.9. The lowest BCUT2D eigenvalue weighted by Gasteiger charge is -2.29. The van der Waals surface area contributed by atoms with Crippen molar-refractivity contribution < 1.29 is 19.1 Å². The molecule has 0 atom stereocenters. The molecule has 0 saturated heterocycles. The summed E-state index contributed by atoms with van der Waals surface area (Å²) in [5.74, 6) is 1.40. The van der Waals surface area contributed by atoms with Gasteiger partial charge in [0, 0.05) is 6.42 Å². The second-order valence-corrected chi connectivity index (χ2v) is 9.43. The van der Waals surface area contributed by atoms with Crippen LogP contribution >= 0.6 is 0 Å². The first-order valence-corrected chi connectivity index (χ1v) is 12.9. The van der Waals surface area contributed by atoms with E-state index in [4.69, 9.17) is 14.5 Å². The molecule has 35 heavy (non-hydrogen) atoms. The molecule has 2 aromatic carbocycles. The maximum Gasteiger partial charge on any atom is 0.344 e. The van der Waals surface area contributed by atoms with Crippen molar-refractivity contribution in [1.29, 1.82) is 0 Å². The van der Waals surface area contributed by atoms with Gasteiger partial charge in [-0.1, -0.05) is 69.0 Å². The molecule has 0 aromatic heterocycles. The molecule has 0 unspecified atom stereocenters. The fourth-order valence-electron chi connectivity index (χ4n) is 4.97. The summed E-state index contributed by atoms with van der Waals surface area (Å²) in [6.07, 6.45) is 8.13. The molecular formula is C29H36N2O4. The van der Waals surface area contributed by atoms with Crippen LogP contribution in [0.15, 0.2) is 53.5 Å². The number of carbonyl (C=O) groups is 2. The number of rotatable bonds is 10. The third-order valence-electron chi connectivity index (χ3n) is 6.86. The Labute approximate surface area is 208 Å². The lowest BCUT2D eigenvalue weighted by Crippen LogP contribution is -2.43. The van der Waals surface area contributed by atoms with E-state index < -0.39 is 5.54 Å². The van der Waals surface area contributed by atoms with Crippen LogP contribution in [0, 0.1) is 0 Å². The Morgan fingerprint density at radius 2 is 1.80 bits per heavy atom. The van der Waals surface area contributed by atoms with Crippen LogP contribution in [0.1, 0.15) is 70.8 Å². The summed E-state index contributed by atoms with van der Waals surface area (Å²) in [6.45, 7) is 4.74. The van der Waals surface area contributed by atoms with Gasteiger partial charge in [0.2, 0.25) is 0 Å². The Bertz CT molecular complexity index is 1050. The van der Waals surface area contributed by atoms with Crippen LogP contribution in [0.3, 0.4) is 0 Å². The first-order chi connectivity index (χ1) is 17.0. The van der Waals surface area contributed by atoms with E-state index in [9.17, 15) is 9.59 Å². The van der Waals surface area contributed by atoms with Crippen LogP contribution in [0.25, 0.3) is 11.1 Å². The van der Waals surface area contributed by atoms with Crippen LogP contribution < -0.4 is 4.74 Å². The number of carbonyl (C=O) groups excluding carboxylic acids is 2. The molecule has 6 nitrogen and oxygen atoms in total. The van der Waals surface area contributed by atoms with Crippen molar-refractivity contribution in [3.05, 3.63) is 54.1 Å². The van der Waals surface area contributed by atoms with Crippen molar-refractivity contribution in [3.63, 3.8) is 0 Å². The quantitative estimate of drug-likeness (QED) is 0.399. The average Bonchev–Trinajstić information content (AvgIpc) is 3.12. The van der Waals surface area contributed by atoms with Crippen LogP contribution in [-0.2, 0) is 20.9 Å². The molecule has 2 aliphatic rings. The maximum absolute atomic E-state index is 13.5. The summed E-state index contributed by atoms with van der Waals surface area (Å²) in [7, 11) is 0. The highest BCUT2D eigenvalue weighted by Crippen LogP contribution is 2.38. The van der Waals surface area contributed by atoms with Crippen LogP contribution in [0.5, 0.6) is 5.75 Å². The molecule has 0 radical (unpaired) electrons. The van der Waals surface area contributed by atoms with Crippen LogP contribution in [0.2, 0.25) is 0 Å². The van der Waals surface area contributed by atoms with E-state index in [1.807, 2.05) is 29.2 Å². The highest BCUT2D eigenvalue weighted by molar-refractivity contribution is 6.08. The number of hydrogen-bond acceptors (Lipinski definition) is 5. The largest absolute Gasteiger partial charge is 0.482 e. The molecule has 4 rings (SSSR count). The minimum atomic E-state index is -0.509. The van der Waals surface area contributed by atoms with Crippen molar-refractivity contribution in [1.82, 2.24) is 4.90 Å². The van der Waals surface area contributed by atoms with Gasteiger partial charge in [-0.25, -0.2) is 4.79 Å². The summed E-state index contributed by atoms with van der Waals surface area (Å²) in [5.41, 5.74) is 2.63. The standard InChI is InChI=1S/C29H36N2O4/c1-3-5-12-26-30-29(17-7-6-8-18-29)28(33)31(26)20-22-13-15-23(16-14-22)24-10-9-11-25(19-24)35-21-27(32)34-4-2/h9-11,13-16,19H,3-8,12,17-18,20-21H2,1-2H3. The average molecular weight is 477 g/mol. The Hall–Kier alpha value is -3.15. The van der Waals surface area contributed by atoms with E-state index in [2.05, 4.69) is 31.2 Å². The number of esters is 1. The number of nitrogens with zero attached hydrogens (tertiary/aromatic N) is 2. The summed E-state index contributed by atoms with van der Waals surface area (Å²) < 4.78 is 10.5. The molecule has 0 bridgehead atoms. The van der Waals surface area contributed by atoms with E-state index in [0.717, 1.165) is 67.5 Å². The number of ether oxygens (including phenoxy) is 2. The molecule has 1 saturated carbocycles. The normalized spacial score (nSPS) is 16.9. The molecule has 1 spiro atoms. The van der Waals surface area contributed by atoms with Gasteiger partial charge >= 0.3 is 5.97 Å². The molecule has 6 heteroatoms. The fraction of sp³-hybridized carbons (Fsp3) is 0.483. The molecule has 1 aliphatic heterocycles. The molecule has 186 valence electrons. The number of hydrogen-bond donors (Lipinski definition) is 0. The van der Waals surface area contributed by atoms with Crippen molar-refractivity contribution in [2.75, 3.05) is 13.2 Å². The lowest BCUT2D eigenvalue weighted by molar-refractivity contribution is -0.145. The van der Waals surface area contributed by atoms with Gasteiger partial charge in [-0.15, -0.1) is 0 Å². The predicted molar refractivity (Wildman–Crippen MR) is 137 cm³/mol. The van der Waals surface area contributed by atoms with Crippen LogP contribution in [-0.4, -0.2) is 41.4 Å². The van der Waals surface area contributed by atoms with Gasteiger partial charge in [0.1, 0.15) is 17.1 Å². The highest BCUT2D eigenvalue weighted by atomic mass is 16.6. The number of unbranched alkanes of at least 4 members (excludes halogenated alkanes) is 1. The van der Waals surface area contributed by atoms with Crippen molar-refractivity contribution in [2.24, 2.45) is 4.99 Å². The Morgan fingerprint density at radius 3 is 2.51 bits per heavy atom. The summed E-state index contributed by atoms with van der Waals surface area (Å²) in [4.78, 5) is 32.1. The minimum Gasteiger partial charge on any atom is -0.482 e. The van der Waals surface area contributed by atoms with E-state index in [1.165, 1.54) is 6.42 Å². The summed E-state index contributed by atoms with van der Waals surface area (Å²) >= 11 is 0. The molecule has 1 aliphatic carbocycles. The van der Waals surface area contributed by atoms with Gasteiger partial charge in [-0.05, 0) is 55.0 Å². The van der Waals surface area contributed by atoms with Crippen molar-refractivity contribution in [2.45, 2.75) is 77.3 Å². The smallest absolute Gasteiger partial charge is 0.344 e. The molecule has 2 aromatic rings. The first-order valence-electron chi connectivity index (χ1n) is 12.9. The Morgan fingerprint density at radius 1 is 1.03 bits per heavy atom. The van der Waals surface area contributed by atoms with Gasteiger partial charge in [-0.2, -0.15) is 0 Å². The number of benzene rings is 2. The Kier molecular flexibility index (Phi) is 8.21. The fourth-order valence-corrected chi connectivity index (χ4v) is 4.97. The molecule has 0 N–H and O–H groups in total. The van der Waals surface area contributed by atoms with Gasteiger partial charge < -0.3 is 9.47 Å². The molecule has 1 fully saturated rings. The van der Waals surface area contributed by atoms with Gasteiger partial charge in [-0.3, -0.25) is 14.7 Å². The van der Waals surface area contributed by atoms with E-state index in [1.54, 1.807) is 6.92 Å². The topological polar surface area (TPSA) is 68.2 Å². The summed E-state index contributed by atoms with van der Waals surface area (Å²) in [6, 6.07) is 16.0. The monoisotopic (exact) mass is 476 g/mol. The first kappa shape index (κ1) is 25.0. The van der Waals surface area contributed by atoms with Gasteiger partial charge in [0.15, 0.2) is 6.61 Å². The lowest BCUT2D eigenvalue weighted by atomic mass is 9.82. The zero-order chi connectivity index (χ0) is 24.7. The highest BCUT2D eigenvalue weighted by Gasteiger charge is 2.47. The number of amides is 1. The van der Waals surface area contributed by atoms with E-state index >= 15 is 0 Å². The SMILES string of the molecule is CCCCC1=NC2(CCCCC2)C(=O)N1Cc1ccc(-c2cccc(OCC(=O)OCC)c2)cc1. The molecular weight excluding hydrogens is 440 g/mol. The van der Waals surface area contributed by atoms with E-state index in [-0.39, 0.29) is 18.5 Å². The third-order valence-corrected chi connectivity index (χ3v) is 6.86. The zero-order valence-electron chi connectivity index (χ0n) is 20.9. The van der Waals surface area contributed by atoms with Crippen molar-refractivity contribution >= 4 is 17.7 Å². The molecule has 1 amide bonds. The molecule has 1 heterocycles. The predicted octanol–water partition coefficient (Wildman–Crippen LogP) is 5.93. The second kappa shape index (κ2) is 11.5. The summed E-state index contributed by atoms with van der Waals surface area (Å²) in [5, 5.41) is 0. The van der Waals surface area contributed by atoms with E-state index in [0.29, 0.717) is 18.9 Å².